The van der Waals surface area contributed by atoms with Gasteiger partial charge in [0, 0.05) is 28.7 Å². The number of hydrogen-bond acceptors (Lipinski definition) is 6. The van der Waals surface area contributed by atoms with E-state index in [1.54, 1.807) is 13.1 Å². The monoisotopic (exact) mass is 542 g/mol. The maximum Gasteiger partial charge on any atom is 0.258 e. The zero-order valence-electron chi connectivity index (χ0n) is 20.8. The molecule has 37 heavy (non-hydrogen) atoms. The summed E-state index contributed by atoms with van der Waals surface area (Å²) < 4.78 is 20.0. The van der Waals surface area contributed by atoms with Gasteiger partial charge >= 0.3 is 0 Å². The maximum absolute atomic E-state index is 14.0. The molecule has 6 nitrogen and oxygen atoms in total. The van der Waals surface area contributed by atoms with E-state index in [-0.39, 0.29) is 16.7 Å². The highest BCUT2D eigenvalue weighted by Gasteiger charge is 2.28. The molecule has 1 aromatic heterocycles. The molecule has 5 rings (SSSR count). The Balaban J connectivity index is 1.32. The lowest BCUT2D eigenvalue weighted by molar-refractivity contribution is 0.218. The standard InChI is InChI=1S/C28H31Cl2FN5O/c1-18(25-22(29)9-10-23(31)26(25)30)37-28-27(32)33-15-24(34-28)20-7-4-6-19(14-20)16-36-13-5-8-21(36)17-35-11-2-3-12-35/h4,6-7,9-10,14-16,18,21H,2-3,5,8,11-13,17H2,1H3,(H2,32,33)/t18?,21-/m1/s1. The molecule has 0 aliphatic carbocycles. The van der Waals surface area contributed by atoms with Crippen molar-refractivity contribution >= 4 is 29.0 Å². The average molecular weight is 543 g/mol. The summed E-state index contributed by atoms with van der Waals surface area (Å²) in [6.07, 6.45) is 6.01. The summed E-state index contributed by atoms with van der Waals surface area (Å²) in [6.45, 7) is 8.62. The lowest BCUT2D eigenvalue weighted by Crippen LogP contribution is -2.38. The van der Waals surface area contributed by atoms with Gasteiger partial charge in [0.2, 0.25) is 0 Å². The number of rotatable bonds is 8. The summed E-state index contributed by atoms with van der Waals surface area (Å²) in [5.41, 5.74) is 9.03. The molecule has 1 radical (unpaired) electrons. The highest BCUT2D eigenvalue weighted by molar-refractivity contribution is 6.36. The predicted molar refractivity (Wildman–Crippen MR) is 146 cm³/mol. The molecule has 195 valence electrons. The van der Waals surface area contributed by atoms with Gasteiger partial charge in [-0.1, -0.05) is 41.4 Å². The maximum atomic E-state index is 14.0. The predicted octanol–water partition coefficient (Wildman–Crippen LogP) is 6.38. The third kappa shape index (κ3) is 6.01. The number of hydrogen-bond donors (Lipinski definition) is 1. The van der Waals surface area contributed by atoms with Crippen LogP contribution in [-0.2, 0) is 0 Å². The molecule has 3 aromatic rings. The van der Waals surface area contributed by atoms with E-state index in [1.807, 2.05) is 12.1 Å². The molecule has 9 heteroatoms. The Labute approximate surface area is 227 Å². The van der Waals surface area contributed by atoms with Crippen molar-refractivity contribution < 1.29 is 9.13 Å². The minimum atomic E-state index is -0.690. The number of benzene rings is 2. The van der Waals surface area contributed by atoms with Crippen LogP contribution >= 0.6 is 23.2 Å². The molecule has 2 atom stereocenters. The van der Waals surface area contributed by atoms with Crippen LogP contribution in [0.5, 0.6) is 5.88 Å². The number of nitrogen functional groups attached to an aromatic ring is 1. The number of ether oxygens (including phenoxy) is 1. The van der Waals surface area contributed by atoms with Gasteiger partial charge in [0.05, 0.1) is 23.5 Å². The first-order valence-electron chi connectivity index (χ1n) is 12.7. The number of aromatic nitrogens is 2. The van der Waals surface area contributed by atoms with Crippen LogP contribution in [0.25, 0.3) is 11.3 Å². The summed E-state index contributed by atoms with van der Waals surface area (Å²) in [5.74, 6) is -0.303. The number of anilines is 1. The third-order valence-electron chi connectivity index (χ3n) is 7.13. The molecular weight excluding hydrogens is 512 g/mol. The van der Waals surface area contributed by atoms with Crippen LogP contribution in [0.4, 0.5) is 10.2 Å². The Morgan fingerprint density at radius 2 is 1.97 bits per heavy atom. The zero-order valence-corrected chi connectivity index (χ0v) is 22.4. The van der Waals surface area contributed by atoms with Gasteiger partial charge in [-0.3, -0.25) is 4.90 Å². The van der Waals surface area contributed by atoms with Crippen molar-refractivity contribution in [3.63, 3.8) is 0 Å². The van der Waals surface area contributed by atoms with Crippen molar-refractivity contribution in [3.8, 4) is 17.1 Å². The topological polar surface area (TPSA) is 67.5 Å². The first kappa shape index (κ1) is 26.2. The Kier molecular flexibility index (Phi) is 8.15. The minimum absolute atomic E-state index is 0.0872. The molecular formula is C28H31Cl2FN5O. The van der Waals surface area contributed by atoms with Crippen molar-refractivity contribution in [2.45, 2.75) is 44.8 Å². The van der Waals surface area contributed by atoms with Gasteiger partial charge in [0.25, 0.3) is 5.88 Å². The van der Waals surface area contributed by atoms with Gasteiger partial charge in [-0.05, 0) is 76.0 Å². The molecule has 2 saturated heterocycles. The van der Waals surface area contributed by atoms with E-state index in [4.69, 9.17) is 33.7 Å². The fourth-order valence-corrected chi connectivity index (χ4v) is 5.88. The zero-order chi connectivity index (χ0) is 25.9. The number of nitrogens with two attached hydrogens (primary N) is 1. The molecule has 0 saturated carbocycles. The average Bonchev–Trinajstić information content (AvgIpc) is 3.56. The fourth-order valence-electron chi connectivity index (χ4n) is 5.21. The van der Waals surface area contributed by atoms with E-state index < -0.39 is 11.9 Å². The lowest BCUT2D eigenvalue weighted by Gasteiger charge is -2.28. The molecule has 1 unspecified atom stereocenters. The molecule has 0 bridgehead atoms. The molecule has 0 spiro atoms. The fraction of sp³-hybridized carbons (Fsp3) is 0.393. The smallest absolute Gasteiger partial charge is 0.258 e. The second kappa shape index (κ2) is 11.5. The molecule has 2 fully saturated rings. The highest BCUT2D eigenvalue weighted by Crippen LogP contribution is 2.36. The van der Waals surface area contributed by atoms with E-state index in [0.717, 1.165) is 24.2 Å². The quantitative estimate of drug-likeness (QED) is 0.333. The summed E-state index contributed by atoms with van der Waals surface area (Å²) in [4.78, 5) is 14.0. The van der Waals surface area contributed by atoms with E-state index in [0.29, 0.717) is 22.3 Å². The molecule has 0 amide bonds. The van der Waals surface area contributed by atoms with Crippen LogP contribution < -0.4 is 10.5 Å². The summed E-state index contributed by atoms with van der Waals surface area (Å²) in [5, 5.41) is 0.214. The molecule has 3 heterocycles. The summed E-state index contributed by atoms with van der Waals surface area (Å²) in [6, 6.07) is 11.4. The number of halogens is 3. The summed E-state index contributed by atoms with van der Waals surface area (Å²) >= 11 is 12.4. The van der Waals surface area contributed by atoms with Crippen LogP contribution in [0.1, 0.15) is 49.8 Å². The van der Waals surface area contributed by atoms with Crippen LogP contribution in [0.3, 0.4) is 0 Å². The van der Waals surface area contributed by atoms with Crippen molar-refractivity contribution in [3.05, 3.63) is 76.1 Å². The largest absolute Gasteiger partial charge is 0.467 e. The molecule has 2 N–H and O–H groups in total. The van der Waals surface area contributed by atoms with Crippen LogP contribution in [-0.4, -0.2) is 52.0 Å². The van der Waals surface area contributed by atoms with E-state index in [2.05, 4.69) is 38.4 Å². The number of likely N-dealkylation sites (tertiary alicyclic amines) is 2. The van der Waals surface area contributed by atoms with Gasteiger partial charge in [0.1, 0.15) is 11.9 Å². The van der Waals surface area contributed by atoms with Crippen LogP contribution in [0, 0.1) is 12.4 Å². The lowest BCUT2D eigenvalue weighted by atomic mass is 10.1. The molecule has 2 aromatic carbocycles. The second-order valence-electron chi connectivity index (χ2n) is 9.76. The van der Waals surface area contributed by atoms with Gasteiger partial charge in [-0.2, -0.15) is 0 Å². The second-order valence-corrected chi connectivity index (χ2v) is 10.5. The van der Waals surface area contributed by atoms with Gasteiger partial charge in [0.15, 0.2) is 5.82 Å². The Hall–Kier alpha value is -2.45. The summed E-state index contributed by atoms with van der Waals surface area (Å²) in [7, 11) is 0. The number of nitrogens with zero attached hydrogens (tertiary/aromatic N) is 4. The Bertz CT molecular complexity index is 1250. The van der Waals surface area contributed by atoms with Crippen LogP contribution in [0.15, 0.2) is 42.6 Å². The van der Waals surface area contributed by atoms with Crippen LogP contribution in [0.2, 0.25) is 10.0 Å². The van der Waals surface area contributed by atoms with Gasteiger partial charge in [-0.25, -0.2) is 14.4 Å². The van der Waals surface area contributed by atoms with Crippen molar-refractivity contribution in [1.82, 2.24) is 19.8 Å². The van der Waals surface area contributed by atoms with Gasteiger partial charge in [-0.15, -0.1) is 0 Å². The Morgan fingerprint density at radius 1 is 1.16 bits per heavy atom. The van der Waals surface area contributed by atoms with Crippen molar-refractivity contribution in [2.24, 2.45) is 0 Å². The van der Waals surface area contributed by atoms with Crippen molar-refractivity contribution in [1.29, 1.82) is 0 Å². The normalized spacial score (nSPS) is 19.4. The Morgan fingerprint density at radius 3 is 2.78 bits per heavy atom. The molecule has 2 aliphatic heterocycles. The van der Waals surface area contributed by atoms with Crippen molar-refractivity contribution in [2.75, 3.05) is 31.9 Å². The van der Waals surface area contributed by atoms with Gasteiger partial charge < -0.3 is 15.4 Å². The SMILES string of the molecule is CC(Oc1nc(-c2cccc([CH]N3CCC[C@@H]3CN3CCCC3)c2)cnc1N)c1c(Cl)ccc(F)c1Cl. The minimum Gasteiger partial charge on any atom is -0.467 e. The highest BCUT2D eigenvalue weighted by atomic mass is 35.5. The third-order valence-corrected chi connectivity index (χ3v) is 7.84. The van der Waals surface area contributed by atoms with E-state index >= 15 is 0 Å². The van der Waals surface area contributed by atoms with E-state index in [9.17, 15) is 4.39 Å². The first-order valence-corrected chi connectivity index (χ1v) is 13.5. The van der Waals surface area contributed by atoms with E-state index in [1.165, 1.54) is 50.9 Å². The molecule has 2 aliphatic rings. The first-order chi connectivity index (χ1) is 17.9.